The number of nitrogens with zero attached hydrogens (tertiary/aromatic N) is 3. The molecule has 0 atom stereocenters. The zero-order valence-corrected chi connectivity index (χ0v) is 14.7. The number of thiophene rings is 1. The SMILES string of the molecule is c1ccc(-c2nc(N3CCC4(CC3)OCCc3ccsc34)no2)cc1. The van der Waals surface area contributed by atoms with E-state index in [1.165, 1.54) is 10.4 Å². The number of fused-ring (bicyclic) bond motifs is 2. The number of piperidine rings is 1. The molecule has 2 aromatic heterocycles. The second kappa shape index (κ2) is 5.97. The molecule has 0 aliphatic carbocycles. The van der Waals surface area contributed by atoms with Crippen LogP contribution in [0.3, 0.4) is 0 Å². The van der Waals surface area contributed by atoms with Gasteiger partial charge >= 0.3 is 0 Å². The van der Waals surface area contributed by atoms with Crippen LogP contribution in [0.4, 0.5) is 5.95 Å². The maximum atomic E-state index is 6.27. The number of ether oxygens (including phenoxy) is 1. The van der Waals surface area contributed by atoms with E-state index >= 15 is 0 Å². The average molecular weight is 353 g/mol. The van der Waals surface area contributed by atoms with Crippen LogP contribution in [0.5, 0.6) is 0 Å². The van der Waals surface area contributed by atoms with Crippen LogP contribution < -0.4 is 4.90 Å². The van der Waals surface area contributed by atoms with Gasteiger partial charge < -0.3 is 14.2 Å². The Bertz CT molecular complexity index is 866. The number of hydrogen-bond donors (Lipinski definition) is 0. The second-order valence-corrected chi connectivity index (χ2v) is 7.54. The Balaban J connectivity index is 1.34. The van der Waals surface area contributed by atoms with Gasteiger partial charge in [0.05, 0.1) is 6.61 Å². The summed E-state index contributed by atoms with van der Waals surface area (Å²) in [5.74, 6) is 1.25. The summed E-state index contributed by atoms with van der Waals surface area (Å²) in [5.41, 5.74) is 2.31. The lowest BCUT2D eigenvalue weighted by Crippen LogP contribution is -2.46. The van der Waals surface area contributed by atoms with Crippen LogP contribution in [0.15, 0.2) is 46.3 Å². The molecule has 6 heteroatoms. The molecule has 1 saturated heterocycles. The quantitative estimate of drug-likeness (QED) is 0.700. The number of rotatable bonds is 2. The summed E-state index contributed by atoms with van der Waals surface area (Å²) < 4.78 is 11.7. The first-order chi connectivity index (χ1) is 12.3. The fraction of sp³-hybridized carbons (Fsp3) is 0.368. The second-order valence-electron chi connectivity index (χ2n) is 6.62. The van der Waals surface area contributed by atoms with Gasteiger partial charge in [-0.05, 0) is 53.6 Å². The van der Waals surface area contributed by atoms with Crippen molar-refractivity contribution < 1.29 is 9.26 Å². The molecule has 1 spiro atoms. The molecule has 1 aromatic carbocycles. The van der Waals surface area contributed by atoms with Crippen LogP contribution in [0.1, 0.15) is 23.3 Å². The zero-order chi connectivity index (χ0) is 16.7. The monoisotopic (exact) mass is 353 g/mol. The molecule has 25 heavy (non-hydrogen) atoms. The number of aromatic nitrogens is 2. The van der Waals surface area contributed by atoms with E-state index in [0.29, 0.717) is 11.8 Å². The van der Waals surface area contributed by atoms with Crippen molar-refractivity contribution in [3.63, 3.8) is 0 Å². The van der Waals surface area contributed by atoms with Crippen molar-refractivity contribution in [3.05, 3.63) is 52.2 Å². The third kappa shape index (κ3) is 2.56. The lowest BCUT2D eigenvalue weighted by atomic mass is 9.85. The van der Waals surface area contributed by atoms with E-state index in [0.717, 1.165) is 44.5 Å². The molecule has 5 rings (SSSR count). The Morgan fingerprint density at radius 2 is 1.92 bits per heavy atom. The number of anilines is 1. The predicted octanol–water partition coefficient (Wildman–Crippen LogP) is 3.87. The van der Waals surface area contributed by atoms with Gasteiger partial charge in [-0.2, -0.15) is 4.98 Å². The first-order valence-corrected chi connectivity index (χ1v) is 9.57. The van der Waals surface area contributed by atoms with Gasteiger partial charge in [-0.1, -0.05) is 18.2 Å². The van der Waals surface area contributed by atoms with Crippen LogP contribution in [-0.4, -0.2) is 29.8 Å². The van der Waals surface area contributed by atoms with Gasteiger partial charge in [0.15, 0.2) is 0 Å². The van der Waals surface area contributed by atoms with Crippen molar-refractivity contribution in [2.24, 2.45) is 0 Å². The van der Waals surface area contributed by atoms with E-state index < -0.39 is 0 Å². The third-order valence-corrected chi connectivity index (χ3v) is 6.34. The number of hydrogen-bond acceptors (Lipinski definition) is 6. The van der Waals surface area contributed by atoms with E-state index in [4.69, 9.17) is 9.26 Å². The topological polar surface area (TPSA) is 51.4 Å². The average Bonchev–Trinajstić information content (AvgIpc) is 3.34. The van der Waals surface area contributed by atoms with Gasteiger partial charge in [0, 0.05) is 23.5 Å². The Hall–Kier alpha value is -2.18. The van der Waals surface area contributed by atoms with E-state index in [2.05, 4.69) is 26.5 Å². The highest BCUT2D eigenvalue weighted by Gasteiger charge is 2.42. The number of benzene rings is 1. The minimum absolute atomic E-state index is 0.107. The highest BCUT2D eigenvalue weighted by atomic mass is 32.1. The lowest BCUT2D eigenvalue weighted by molar-refractivity contribution is -0.0736. The minimum atomic E-state index is -0.107. The molecule has 2 aliphatic rings. The Morgan fingerprint density at radius 3 is 2.76 bits per heavy atom. The van der Waals surface area contributed by atoms with Gasteiger partial charge in [-0.3, -0.25) is 0 Å². The van der Waals surface area contributed by atoms with Crippen LogP contribution in [0.2, 0.25) is 0 Å². The van der Waals surface area contributed by atoms with Gasteiger partial charge in [0.1, 0.15) is 5.60 Å². The Labute approximate surface area is 150 Å². The summed E-state index contributed by atoms with van der Waals surface area (Å²) in [5, 5.41) is 6.38. The maximum absolute atomic E-state index is 6.27. The third-order valence-electron chi connectivity index (χ3n) is 5.20. The molecular formula is C19H19N3O2S. The first-order valence-electron chi connectivity index (χ1n) is 8.69. The Kier molecular flexibility index (Phi) is 3.60. The van der Waals surface area contributed by atoms with Crippen molar-refractivity contribution in [3.8, 4) is 11.5 Å². The summed E-state index contributed by atoms with van der Waals surface area (Å²) >= 11 is 1.84. The van der Waals surface area contributed by atoms with Gasteiger partial charge in [0.25, 0.3) is 11.8 Å². The van der Waals surface area contributed by atoms with Gasteiger partial charge in [0.2, 0.25) is 0 Å². The molecule has 0 bridgehead atoms. The van der Waals surface area contributed by atoms with Crippen LogP contribution in [-0.2, 0) is 16.8 Å². The molecule has 0 unspecified atom stereocenters. The van der Waals surface area contributed by atoms with Gasteiger partial charge in [-0.15, -0.1) is 11.3 Å². The fourth-order valence-corrected chi connectivity index (χ4v) is 5.00. The van der Waals surface area contributed by atoms with Crippen molar-refractivity contribution >= 4 is 17.3 Å². The highest BCUT2D eigenvalue weighted by Crippen LogP contribution is 2.44. The normalized spacial score (nSPS) is 19.1. The molecule has 3 aromatic rings. The molecular weight excluding hydrogens is 334 g/mol. The fourth-order valence-electron chi connectivity index (χ4n) is 3.84. The van der Waals surface area contributed by atoms with Crippen molar-refractivity contribution in [2.75, 3.05) is 24.6 Å². The molecule has 1 fully saturated rings. The summed E-state index contributed by atoms with van der Waals surface area (Å²) in [6.07, 6.45) is 2.97. The predicted molar refractivity (Wildman–Crippen MR) is 96.8 cm³/mol. The lowest BCUT2D eigenvalue weighted by Gasteiger charge is -2.43. The zero-order valence-electron chi connectivity index (χ0n) is 13.9. The molecule has 0 N–H and O–H groups in total. The van der Waals surface area contributed by atoms with E-state index in [-0.39, 0.29) is 5.60 Å². The van der Waals surface area contributed by atoms with Crippen LogP contribution in [0, 0.1) is 0 Å². The Morgan fingerprint density at radius 1 is 1.08 bits per heavy atom. The molecule has 128 valence electrons. The molecule has 0 amide bonds. The maximum Gasteiger partial charge on any atom is 0.266 e. The summed E-state index contributed by atoms with van der Waals surface area (Å²) in [4.78, 5) is 8.21. The summed E-state index contributed by atoms with van der Waals surface area (Å²) in [6.45, 7) is 2.58. The highest BCUT2D eigenvalue weighted by molar-refractivity contribution is 7.10. The standard InChI is InChI=1S/C19H19N3O2S/c1-2-4-15(5-3-1)17-20-18(21-24-17)22-10-8-19(9-11-22)16-14(6-12-23-19)7-13-25-16/h1-5,7,13H,6,8-12H2. The smallest absolute Gasteiger partial charge is 0.266 e. The molecule has 0 radical (unpaired) electrons. The molecule has 5 nitrogen and oxygen atoms in total. The van der Waals surface area contributed by atoms with E-state index in [1.54, 1.807) is 0 Å². The minimum Gasteiger partial charge on any atom is -0.369 e. The summed E-state index contributed by atoms with van der Waals surface area (Å²) in [6, 6.07) is 12.1. The largest absolute Gasteiger partial charge is 0.369 e. The van der Waals surface area contributed by atoms with Crippen molar-refractivity contribution in [1.29, 1.82) is 0 Å². The first kappa shape index (κ1) is 15.1. The molecule has 0 saturated carbocycles. The van der Waals surface area contributed by atoms with Crippen LogP contribution in [0.25, 0.3) is 11.5 Å². The van der Waals surface area contributed by atoms with E-state index in [1.807, 2.05) is 41.7 Å². The molecule has 4 heterocycles. The van der Waals surface area contributed by atoms with Crippen LogP contribution >= 0.6 is 11.3 Å². The van der Waals surface area contributed by atoms with E-state index in [9.17, 15) is 0 Å². The van der Waals surface area contributed by atoms with Crippen molar-refractivity contribution in [1.82, 2.24) is 10.1 Å². The van der Waals surface area contributed by atoms with Crippen molar-refractivity contribution in [2.45, 2.75) is 24.9 Å². The van der Waals surface area contributed by atoms with Gasteiger partial charge in [-0.25, -0.2) is 0 Å². The molecule has 2 aliphatic heterocycles. The summed E-state index contributed by atoms with van der Waals surface area (Å²) in [7, 11) is 0.